The van der Waals surface area contributed by atoms with Crippen molar-refractivity contribution in [2.45, 2.75) is 33.1 Å². The van der Waals surface area contributed by atoms with Crippen LogP contribution in [0.3, 0.4) is 0 Å². The van der Waals surface area contributed by atoms with Crippen molar-refractivity contribution < 1.29 is 9.53 Å². The van der Waals surface area contributed by atoms with Gasteiger partial charge in [-0.2, -0.15) is 0 Å². The van der Waals surface area contributed by atoms with Crippen LogP contribution >= 0.6 is 0 Å². The van der Waals surface area contributed by atoms with Gasteiger partial charge in [0.25, 0.3) is 0 Å². The molecular formula is C19H29N3O2. The number of rotatable bonds is 5. The minimum Gasteiger partial charge on any atom is -0.466 e. The van der Waals surface area contributed by atoms with Gasteiger partial charge >= 0.3 is 5.97 Å². The molecule has 0 aromatic heterocycles. The fourth-order valence-corrected chi connectivity index (χ4v) is 3.15. The normalized spacial score (nSPS) is 18.4. The number of carbonyl (C=O) groups excluding carboxylic acids is 1. The summed E-state index contributed by atoms with van der Waals surface area (Å²) >= 11 is 0. The zero-order chi connectivity index (χ0) is 17.4. The van der Waals surface area contributed by atoms with Crippen molar-refractivity contribution >= 4 is 11.9 Å². The Labute approximate surface area is 145 Å². The lowest BCUT2D eigenvalue weighted by atomic mass is 9.98. The summed E-state index contributed by atoms with van der Waals surface area (Å²) in [5.41, 5.74) is 2.66. The number of nitrogens with zero attached hydrogens (tertiary/aromatic N) is 2. The smallest absolute Gasteiger partial charge is 0.310 e. The number of ether oxygens (including phenoxy) is 1. The van der Waals surface area contributed by atoms with Crippen LogP contribution in [0.5, 0.6) is 0 Å². The molecule has 0 bridgehead atoms. The predicted molar refractivity (Wildman–Crippen MR) is 97.2 cm³/mol. The van der Waals surface area contributed by atoms with Crippen LogP contribution in [0, 0.1) is 12.8 Å². The van der Waals surface area contributed by atoms with E-state index >= 15 is 0 Å². The number of benzene rings is 1. The third kappa shape index (κ3) is 4.98. The van der Waals surface area contributed by atoms with Crippen molar-refractivity contribution in [3.63, 3.8) is 0 Å². The maximum absolute atomic E-state index is 12.0. The molecule has 1 aromatic carbocycles. The van der Waals surface area contributed by atoms with Crippen LogP contribution in [0.2, 0.25) is 0 Å². The highest BCUT2D eigenvalue weighted by Crippen LogP contribution is 2.18. The van der Waals surface area contributed by atoms with E-state index in [0.29, 0.717) is 13.2 Å². The summed E-state index contributed by atoms with van der Waals surface area (Å²) in [4.78, 5) is 18.5. The number of nitrogens with one attached hydrogen (secondary N) is 1. The average molecular weight is 331 g/mol. The Morgan fingerprint density at radius 1 is 1.42 bits per heavy atom. The number of guanidine groups is 1. The van der Waals surface area contributed by atoms with Gasteiger partial charge in [-0.25, -0.2) is 0 Å². The van der Waals surface area contributed by atoms with Crippen LogP contribution < -0.4 is 5.32 Å². The number of aryl methyl sites for hydroxylation is 1. The van der Waals surface area contributed by atoms with E-state index in [9.17, 15) is 4.79 Å². The number of likely N-dealkylation sites (tertiary alicyclic amines) is 1. The quantitative estimate of drug-likeness (QED) is 0.511. The van der Waals surface area contributed by atoms with Crippen LogP contribution in [0.15, 0.2) is 29.3 Å². The summed E-state index contributed by atoms with van der Waals surface area (Å²) in [5, 5.41) is 3.43. The highest BCUT2D eigenvalue weighted by Gasteiger charge is 2.28. The average Bonchev–Trinajstić information content (AvgIpc) is 2.60. The van der Waals surface area contributed by atoms with Gasteiger partial charge in [-0.1, -0.05) is 24.3 Å². The largest absolute Gasteiger partial charge is 0.466 e. The third-order valence-electron chi connectivity index (χ3n) is 4.49. The summed E-state index contributed by atoms with van der Waals surface area (Å²) in [6, 6.07) is 8.44. The van der Waals surface area contributed by atoms with Crippen molar-refractivity contribution in [2.24, 2.45) is 10.9 Å². The van der Waals surface area contributed by atoms with E-state index < -0.39 is 0 Å². The minimum absolute atomic E-state index is 0.0476. The molecule has 24 heavy (non-hydrogen) atoms. The molecule has 1 aliphatic heterocycles. The Morgan fingerprint density at radius 3 is 2.92 bits per heavy atom. The van der Waals surface area contributed by atoms with Crippen molar-refractivity contribution in [1.82, 2.24) is 10.2 Å². The van der Waals surface area contributed by atoms with Crippen LogP contribution in [0.1, 0.15) is 30.9 Å². The first-order valence-electron chi connectivity index (χ1n) is 8.82. The fourth-order valence-electron chi connectivity index (χ4n) is 3.15. The zero-order valence-corrected chi connectivity index (χ0v) is 15.0. The van der Waals surface area contributed by atoms with Gasteiger partial charge in [-0.15, -0.1) is 0 Å². The summed E-state index contributed by atoms with van der Waals surface area (Å²) < 4.78 is 5.17. The third-order valence-corrected chi connectivity index (χ3v) is 4.49. The standard InChI is InChI=1S/C19H29N3O2/c1-4-24-18(23)17-10-7-13-22(14-17)19(20-3)21-12-11-16-9-6-5-8-15(16)2/h5-6,8-9,17H,4,7,10-14H2,1-3H3,(H,20,21)/t17-/m1/s1. The van der Waals surface area contributed by atoms with Gasteiger partial charge in [0.2, 0.25) is 0 Å². The van der Waals surface area contributed by atoms with Gasteiger partial charge in [0.15, 0.2) is 5.96 Å². The topological polar surface area (TPSA) is 53.9 Å². The van der Waals surface area contributed by atoms with Crippen LogP contribution in [-0.4, -0.2) is 50.1 Å². The number of aliphatic imine (C=N–C) groups is 1. The van der Waals surface area contributed by atoms with E-state index in [2.05, 4.69) is 46.4 Å². The molecule has 0 saturated carbocycles. The highest BCUT2D eigenvalue weighted by molar-refractivity contribution is 5.81. The fraction of sp³-hybridized carbons (Fsp3) is 0.579. The summed E-state index contributed by atoms with van der Waals surface area (Å²) in [7, 11) is 1.80. The number of esters is 1. The monoisotopic (exact) mass is 331 g/mol. The lowest BCUT2D eigenvalue weighted by molar-refractivity contribution is -0.149. The van der Waals surface area contributed by atoms with Crippen molar-refractivity contribution in [3.8, 4) is 0 Å². The Kier molecular flexibility index (Phi) is 7.09. The van der Waals surface area contributed by atoms with E-state index in [1.54, 1.807) is 7.05 Å². The van der Waals surface area contributed by atoms with Gasteiger partial charge in [0, 0.05) is 26.7 Å². The first kappa shape index (κ1) is 18.3. The molecule has 0 radical (unpaired) electrons. The summed E-state index contributed by atoms with van der Waals surface area (Å²) in [5.74, 6) is 0.740. The second kappa shape index (κ2) is 9.30. The van der Waals surface area contributed by atoms with Crippen molar-refractivity contribution in [3.05, 3.63) is 35.4 Å². The molecule has 1 heterocycles. The first-order valence-corrected chi connectivity index (χ1v) is 8.82. The highest BCUT2D eigenvalue weighted by atomic mass is 16.5. The van der Waals surface area contributed by atoms with E-state index in [0.717, 1.165) is 38.3 Å². The lowest BCUT2D eigenvalue weighted by Gasteiger charge is -2.34. The number of carbonyl (C=O) groups is 1. The molecule has 0 amide bonds. The van der Waals surface area contributed by atoms with Gasteiger partial charge in [-0.3, -0.25) is 9.79 Å². The van der Waals surface area contributed by atoms with Gasteiger partial charge in [0.05, 0.1) is 12.5 Å². The van der Waals surface area contributed by atoms with Crippen LogP contribution in [0.4, 0.5) is 0 Å². The second-order valence-electron chi connectivity index (χ2n) is 6.19. The molecule has 5 nitrogen and oxygen atoms in total. The second-order valence-corrected chi connectivity index (χ2v) is 6.19. The van der Waals surface area contributed by atoms with E-state index in [1.807, 2.05) is 6.92 Å². The molecule has 132 valence electrons. The molecule has 1 atom stereocenters. The van der Waals surface area contributed by atoms with Crippen molar-refractivity contribution in [2.75, 3.05) is 33.3 Å². The molecular weight excluding hydrogens is 302 g/mol. The Balaban J connectivity index is 1.87. The summed E-state index contributed by atoms with van der Waals surface area (Å²) in [6.07, 6.45) is 2.85. The molecule has 0 unspecified atom stereocenters. The van der Waals surface area contributed by atoms with Crippen LogP contribution in [-0.2, 0) is 16.0 Å². The SMILES string of the molecule is CCOC(=O)[C@@H]1CCCN(C(=NC)NCCc2ccccc2C)C1. The molecule has 2 rings (SSSR count). The molecule has 1 aromatic rings. The van der Waals surface area contributed by atoms with Crippen molar-refractivity contribution in [1.29, 1.82) is 0 Å². The molecule has 5 heteroatoms. The van der Waals surface area contributed by atoms with Gasteiger partial charge in [0.1, 0.15) is 0 Å². The lowest BCUT2D eigenvalue weighted by Crippen LogP contribution is -2.48. The summed E-state index contributed by atoms with van der Waals surface area (Å²) in [6.45, 7) is 6.88. The molecule has 0 aliphatic carbocycles. The van der Waals surface area contributed by atoms with Crippen LogP contribution in [0.25, 0.3) is 0 Å². The van der Waals surface area contributed by atoms with E-state index in [1.165, 1.54) is 11.1 Å². The van der Waals surface area contributed by atoms with E-state index in [-0.39, 0.29) is 11.9 Å². The molecule has 1 aliphatic rings. The maximum Gasteiger partial charge on any atom is 0.310 e. The number of hydrogen-bond donors (Lipinski definition) is 1. The van der Waals surface area contributed by atoms with Gasteiger partial charge in [-0.05, 0) is 44.2 Å². The molecule has 0 spiro atoms. The molecule has 1 fully saturated rings. The molecule has 1 N–H and O–H groups in total. The predicted octanol–water partition coefficient (Wildman–Crippen LogP) is 2.39. The Hall–Kier alpha value is -2.04. The Morgan fingerprint density at radius 2 is 2.21 bits per heavy atom. The zero-order valence-electron chi connectivity index (χ0n) is 15.0. The minimum atomic E-state index is -0.0856. The first-order chi connectivity index (χ1) is 11.7. The number of piperidine rings is 1. The van der Waals surface area contributed by atoms with E-state index in [4.69, 9.17) is 4.74 Å². The maximum atomic E-state index is 12.0. The van der Waals surface area contributed by atoms with Gasteiger partial charge < -0.3 is 15.0 Å². The Bertz CT molecular complexity index is 571. The molecule has 1 saturated heterocycles. The number of hydrogen-bond acceptors (Lipinski definition) is 3.